The molecule has 1 saturated heterocycles. The summed E-state index contributed by atoms with van der Waals surface area (Å²) in [5.74, 6) is 0.755. The van der Waals surface area contributed by atoms with Gasteiger partial charge in [0.2, 0.25) is 11.9 Å². The number of fused-ring (bicyclic) bond motifs is 1. The third kappa shape index (κ3) is 4.21. The van der Waals surface area contributed by atoms with E-state index in [-0.39, 0.29) is 11.5 Å². The molecule has 1 aromatic heterocycles. The van der Waals surface area contributed by atoms with Gasteiger partial charge in [0, 0.05) is 30.7 Å². The van der Waals surface area contributed by atoms with Gasteiger partial charge in [0.1, 0.15) is 0 Å². The number of nitrogens with one attached hydrogen (secondary N) is 3. The molecule has 0 spiro atoms. The maximum absolute atomic E-state index is 12.2. The van der Waals surface area contributed by atoms with Crippen molar-refractivity contribution in [2.24, 2.45) is 0 Å². The number of aromatic nitrogens is 2. The number of aryl methyl sites for hydroxylation is 1. The number of hydrogen-bond donors (Lipinski definition) is 3. The van der Waals surface area contributed by atoms with E-state index < -0.39 is 0 Å². The second-order valence-electron chi connectivity index (χ2n) is 7.58. The second kappa shape index (κ2) is 7.15. The Balaban J connectivity index is 1.29. The van der Waals surface area contributed by atoms with Gasteiger partial charge in [-0.15, -0.1) is 0 Å². The van der Waals surface area contributed by atoms with Gasteiger partial charge in [0.15, 0.2) is 0 Å². The molecule has 7 nitrogen and oxygen atoms in total. The van der Waals surface area contributed by atoms with Crippen LogP contribution in [0.4, 0.5) is 5.95 Å². The average Bonchev–Trinajstić information content (AvgIpc) is 3.40. The van der Waals surface area contributed by atoms with E-state index >= 15 is 0 Å². The van der Waals surface area contributed by atoms with E-state index in [9.17, 15) is 9.59 Å². The summed E-state index contributed by atoms with van der Waals surface area (Å²) in [6, 6.07) is 0.728. The summed E-state index contributed by atoms with van der Waals surface area (Å²) < 4.78 is 0. The van der Waals surface area contributed by atoms with Gasteiger partial charge in [-0.2, -0.15) is 0 Å². The zero-order valence-electron chi connectivity index (χ0n) is 14.6. The molecule has 0 unspecified atom stereocenters. The Morgan fingerprint density at radius 3 is 2.64 bits per heavy atom. The molecule has 1 aliphatic heterocycles. The normalized spacial score (nSPS) is 21.6. The standard InChI is InChI=1S/C18H27N5O2/c24-16(19-12-5-6-12)11-23-9-7-13(8-10-23)20-18-21-15-4-2-1-3-14(15)17(25)22-18/h12-13H,1-11H2,(H,19,24)(H2,20,21,22,25). The van der Waals surface area contributed by atoms with Crippen molar-refractivity contribution in [2.75, 3.05) is 25.0 Å². The first-order chi connectivity index (χ1) is 12.2. The minimum absolute atomic E-state index is 0.0152. The van der Waals surface area contributed by atoms with E-state index in [0.717, 1.165) is 75.7 Å². The zero-order chi connectivity index (χ0) is 17.2. The van der Waals surface area contributed by atoms with Crippen molar-refractivity contribution < 1.29 is 4.79 Å². The number of amides is 1. The Hall–Kier alpha value is -1.89. The minimum atomic E-state index is 0.0152. The van der Waals surface area contributed by atoms with E-state index in [2.05, 4.69) is 25.5 Å². The van der Waals surface area contributed by atoms with Gasteiger partial charge < -0.3 is 10.6 Å². The molecule has 25 heavy (non-hydrogen) atoms. The minimum Gasteiger partial charge on any atom is -0.353 e. The number of anilines is 1. The lowest BCUT2D eigenvalue weighted by Gasteiger charge is -2.32. The molecule has 7 heteroatoms. The maximum atomic E-state index is 12.2. The molecule has 2 aliphatic carbocycles. The molecule has 0 atom stereocenters. The Labute approximate surface area is 147 Å². The van der Waals surface area contributed by atoms with Crippen LogP contribution in [-0.4, -0.2) is 52.5 Å². The van der Waals surface area contributed by atoms with Gasteiger partial charge in [0.05, 0.1) is 12.2 Å². The zero-order valence-corrected chi connectivity index (χ0v) is 14.6. The van der Waals surface area contributed by atoms with Gasteiger partial charge >= 0.3 is 0 Å². The molecule has 4 rings (SSSR count). The first kappa shape index (κ1) is 16.6. The number of aromatic amines is 1. The molecule has 0 radical (unpaired) electrons. The number of likely N-dealkylation sites (tertiary alicyclic amines) is 1. The maximum Gasteiger partial charge on any atom is 0.255 e. The first-order valence-electron chi connectivity index (χ1n) is 9.58. The van der Waals surface area contributed by atoms with Crippen molar-refractivity contribution in [1.29, 1.82) is 0 Å². The lowest BCUT2D eigenvalue weighted by atomic mass is 9.97. The predicted octanol–water partition coefficient (Wildman–Crippen LogP) is 0.804. The summed E-state index contributed by atoms with van der Waals surface area (Å²) in [6.07, 6.45) is 8.12. The summed E-state index contributed by atoms with van der Waals surface area (Å²) in [4.78, 5) is 33.8. The Morgan fingerprint density at radius 2 is 1.88 bits per heavy atom. The SMILES string of the molecule is O=C(CN1CCC(Nc2nc3c(c(=O)[nH]2)CCCC3)CC1)NC1CC1. The third-order valence-electron chi connectivity index (χ3n) is 5.43. The summed E-state index contributed by atoms with van der Waals surface area (Å²) in [7, 11) is 0. The molecule has 0 aromatic carbocycles. The van der Waals surface area contributed by atoms with Gasteiger partial charge in [-0.3, -0.25) is 19.5 Å². The number of rotatable bonds is 5. The predicted molar refractivity (Wildman–Crippen MR) is 95.7 cm³/mol. The van der Waals surface area contributed by atoms with Crippen molar-refractivity contribution in [1.82, 2.24) is 20.2 Å². The summed E-state index contributed by atoms with van der Waals surface area (Å²) in [6.45, 7) is 2.28. The molecule has 3 N–H and O–H groups in total. The van der Waals surface area contributed by atoms with Crippen LogP contribution in [0.15, 0.2) is 4.79 Å². The molecule has 2 fully saturated rings. The summed E-state index contributed by atoms with van der Waals surface area (Å²) in [5, 5.41) is 6.44. The van der Waals surface area contributed by atoms with Gasteiger partial charge in [-0.1, -0.05) is 0 Å². The van der Waals surface area contributed by atoms with Gasteiger partial charge in [-0.25, -0.2) is 4.98 Å². The van der Waals surface area contributed by atoms with Crippen molar-refractivity contribution >= 4 is 11.9 Å². The fourth-order valence-electron chi connectivity index (χ4n) is 3.80. The number of nitrogens with zero attached hydrogens (tertiary/aromatic N) is 2. The van der Waals surface area contributed by atoms with E-state index in [1.807, 2.05) is 0 Å². The molecular weight excluding hydrogens is 318 g/mol. The topological polar surface area (TPSA) is 90.1 Å². The highest BCUT2D eigenvalue weighted by Crippen LogP contribution is 2.20. The van der Waals surface area contributed by atoms with Crippen molar-refractivity contribution in [3.8, 4) is 0 Å². The Bertz CT molecular complexity index is 689. The summed E-state index contributed by atoms with van der Waals surface area (Å²) >= 11 is 0. The van der Waals surface area contributed by atoms with Crippen molar-refractivity contribution in [3.63, 3.8) is 0 Å². The van der Waals surface area contributed by atoms with Crippen LogP contribution in [0.25, 0.3) is 0 Å². The monoisotopic (exact) mass is 345 g/mol. The number of H-pyrrole nitrogens is 1. The highest BCUT2D eigenvalue weighted by Gasteiger charge is 2.26. The molecule has 0 bridgehead atoms. The number of carbonyl (C=O) groups is 1. The van der Waals surface area contributed by atoms with Crippen molar-refractivity contribution in [3.05, 3.63) is 21.6 Å². The lowest BCUT2D eigenvalue weighted by molar-refractivity contribution is -0.122. The highest BCUT2D eigenvalue weighted by molar-refractivity contribution is 5.78. The van der Waals surface area contributed by atoms with E-state index in [0.29, 0.717) is 24.6 Å². The first-order valence-corrected chi connectivity index (χ1v) is 9.58. The quantitative estimate of drug-likeness (QED) is 0.735. The van der Waals surface area contributed by atoms with Crippen LogP contribution in [0, 0.1) is 0 Å². The smallest absolute Gasteiger partial charge is 0.255 e. The molecule has 3 aliphatic rings. The fourth-order valence-corrected chi connectivity index (χ4v) is 3.80. The van der Waals surface area contributed by atoms with Crippen LogP contribution < -0.4 is 16.2 Å². The highest BCUT2D eigenvalue weighted by atomic mass is 16.2. The van der Waals surface area contributed by atoms with Crippen LogP contribution in [0.1, 0.15) is 49.8 Å². The molecule has 1 aromatic rings. The van der Waals surface area contributed by atoms with Crippen LogP contribution in [0.5, 0.6) is 0 Å². The molecule has 136 valence electrons. The number of carbonyl (C=O) groups excluding carboxylic acids is 1. The van der Waals surface area contributed by atoms with Crippen LogP contribution in [0.2, 0.25) is 0 Å². The fraction of sp³-hybridized carbons (Fsp3) is 0.722. The number of piperidine rings is 1. The van der Waals surface area contributed by atoms with E-state index in [1.165, 1.54) is 0 Å². The molecule has 1 saturated carbocycles. The third-order valence-corrected chi connectivity index (χ3v) is 5.43. The van der Waals surface area contributed by atoms with E-state index in [4.69, 9.17) is 0 Å². The molecule has 1 amide bonds. The summed E-state index contributed by atoms with van der Waals surface area (Å²) in [5.41, 5.74) is 1.85. The van der Waals surface area contributed by atoms with Gasteiger partial charge in [0.25, 0.3) is 5.56 Å². The number of hydrogen-bond acceptors (Lipinski definition) is 5. The van der Waals surface area contributed by atoms with Crippen LogP contribution in [0.3, 0.4) is 0 Å². The van der Waals surface area contributed by atoms with E-state index in [1.54, 1.807) is 0 Å². The van der Waals surface area contributed by atoms with Gasteiger partial charge in [-0.05, 0) is 51.4 Å². The average molecular weight is 345 g/mol. The van der Waals surface area contributed by atoms with Crippen molar-refractivity contribution in [2.45, 2.75) is 63.5 Å². The van der Waals surface area contributed by atoms with Crippen LogP contribution in [-0.2, 0) is 17.6 Å². The molecular formula is C18H27N5O2. The molecule has 2 heterocycles. The largest absolute Gasteiger partial charge is 0.353 e. The Kier molecular flexibility index (Phi) is 4.74. The van der Waals surface area contributed by atoms with Crippen LogP contribution >= 0.6 is 0 Å². The Morgan fingerprint density at radius 1 is 1.12 bits per heavy atom. The second-order valence-corrected chi connectivity index (χ2v) is 7.58. The lowest BCUT2D eigenvalue weighted by Crippen LogP contribution is -2.44.